The minimum Gasteiger partial charge on any atom is -0.480 e. The molecule has 1 aliphatic rings. The molecule has 8 nitrogen and oxygen atoms in total. The smallest absolute Gasteiger partial charge is 0.317 e. The van der Waals surface area contributed by atoms with Crippen LogP contribution < -0.4 is 10.9 Å². The van der Waals surface area contributed by atoms with Crippen LogP contribution in [0.2, 0.25) is 0 Å². The van der Waals surface area contributed by atoms with Crippen LogP contribution in [0.1, 0.15) is 32.4 Å². The predicted molar refractivity (Wildman–Crippen MR) is 103 cm³/mol. The number of nitrogens with one attached hydrogen (secondary N) is 2. The number of aromatic amines is 1. The van der Waals surface area contributed by atoms with Crippen molar-refractivity contribution < 1.29 is 9.90 Å². The van der Waals surface area contributed by atoms with Gasteiger partial charge in [0.05, 0.1) is 6.54 Å². The minimum atomic E-state index is -0.788. The summed E-state index contributed by atoms with van der Waals surface area (Å²) < 4.78 is 0. The first kappa shape index (κ1) is 19.0. The molecule has 3 rings (SSSR count). The average molecular weight is 371 g/mol. The number of aliphatic carboxylic acids is 1. The van der Waals surface area contributed by atoms with Gasteiger partial charge in [0.2, 0.25) is 0 Å². The van der Waals surface area contributed by atoms with Crippen LogP contribution in [0.4, 0.5) is 5.82 Å². The van der Waals surface area contributed by atoms with Gasteiger partial charge in [-0.1, -0.05) is 13.8 Å². The summed E-state index contributed by atoms with van der Waals surface area (Å²) in [7, 11) is 0. The maximum absolute atomic E-state index is 11.7. The first-order valence-electron chi connectivity index (χ1n) is 9.27. The van der Waals surface area contributed by atoms with E-state index in [0.717, 1.165) is 36.5 Å². The molecule has 2 aromatic rings. The van der Waals surface area contributed by atoms with Crippen molar-refractivity contribution in [2.24, 2.45) is 0 Å². The lowest BCUT2D eigenvalue weighted by atomic mass is 9.85. The van der Waals surface area contributed by atoms with Gasteiger partial charge in [-0.3, -0.25) is 14.5 Å². The molecule has 144 valence electrons. The van der Waals surface area contributed by atoms with Crippen LogP contribution in [0, 0.1) is 0 Å². The fourth-order valence-corrected chi connectivity index (χ4v) is 3.33. The van der Waals surface area contributed by atoms with Gasteiger partial charge in [0, 0.05) is 35.6 Å². The molecule has 2 heterocycles. The van der Waals surface area contributed by atoms with Gasteiger partial charge >= 0.3 is 5.97 Å². The molecule has 0 unspecified atom stereocenters. The lowest BCUT2D eigenvalue weighted by Crippen LogP contribution is -2.51. The molecule has 1 saturated carbocycles. The largest absolute Gasteiger partial charge is 0.480 e. The fourth-order valence-electron chi connectivity index (χ4n) is 3.33. The van der Waals surface area contributed by atoms with Gasteiger partial charge in [-0.25, -0.2) is 9.97 Å². The van der Waals surface area contributed by atoms with Crippen molar-refractivity contribution in [3.63, 3.8) is 0 Å². The summed E-state index contributed by atoms with van der Waals surface area (Å²) in [5, 5.41) is 12.3. The van der Waals surface area contributed by atoms with Gasteiger partial charge in [-0.05, 0) is 37.9 Å². The minimum absolute atomic E-state index is 0.0862. The quantitative estimate of drug-likeness (QED) is 0.648. The van der Waals surface area contributed by atoms with Crippen molar-refractivity contribution in [1.82, 2.24) is 19.9 Å². The van der Waals surface area contributed by atoms with Crippen molar-refractivity contribution in [3.05, 3.63) is 40.4 Å². The maximum Gasteiger partial charge on any atom is 0.317 e. The van der Waals surface area contributed by atoms with E-state index < -0.39 is 5.97 Å². The van der Waals surface area contributed by atoms with E-state index in [2.05, 4.69) is 20.3 Å². The Labute approximate surface area is 157 Å². The molecule has 0 aliphatic heterocycles. The molecule has 27 heavy (non-hydrogen) atoms. The lowest BCUT2D eigenvalue weighted by Gasteiger charge is -2.42. The summed E-state index contributed by atoms with van der Waals surface area (Å²) in [6.45, 7) is 4.76. The van der Waals surface area contributed by atoms with Gasteiger partial charge < -0.3 is 15.4 Å². The third-order valence-corrected chi connectivity index (χ3v) is 4.92. The number of nitrogens with zero attached hydrogens (tertiary/aromatic N) is 3. The zero-order chi connectivity index (χ0) is 19.4. The van der Waals surface area contributed by atoms with Gasteiger partial charge in [0.15, 0.2) is 0 Å². The number of aromatic nitrogens is 3. The Balaban J connectivity index is 1.59. The normalized spacial score (nSPS) is 18.9. The molecule has 0 amide bonds. The summed E-state index contributed by atoms with van der Waals surface area (Å²) in [6.07, 6.45) is 4.19. The molecule has 8 heteroatoms. The molecule has 1 fully saturated rings. The van der Waals surface area contributed by atoms with E-state index in [1.165, 1.54) is 6.07 Å². The monoisotopic (exact) mass is 371 g/mol. The van der Waals surface area contributed by atoms with E-state index in [1.54, 1.807) is 6.20 Å². The molecule has 0 atom stereocenters. The predicted octanol–water partition coefficient (Wildman–Crippen LogP) is 1.74. The maximum atomic E-state index is 11.7. The van der Waals surface area contributed by atoms with Crippen LogP contribution in [0.5, 0.6) is 0 Å². The second-order valence-electron chi connectivity index (χ2n) is 6.79. The number of pyridine rings is 1. The molecule has 1 aliphatic carbocycles. The van der Waals surface area contributed by atoms with Crippen LogP contribution >= 0.6 is 0 Å². The number of carbonyl (C=O) groups is 1. The second-order valence-corrected chi connectivity index (χ2v) is 6.79. The molecule has 0 spiro atoms. The number of carboxylic acid groups (broad SMARTS) is 1. The Bertz CT molecular complexity index is 843. The number of hydrogen-bond acceptors (Lipinski definition) is 6. The summed E-state index contributed by atoms with van der Waals surface area (Å²) >= 11 is 0. The van der Waals surface area contributed by atoms with Crippen LogP contribution in [-0.2, 0) is 11.2 Å². The number of likely N-dealkylation sites (N-methyl/N-ethyl adjacent to an activating group) is 1. The summed E-state index contributed by atoms with van der Waals surface area (Å²) in [5.74, 6) is 0.496. The highest BCUT2D eigenvalue weighted by atomic mass is 16.4. The highest BCUT2D eigenvalue weighted by Gasteiger charge is 2.33. The van der Waals surface area contributed by atoms with Crippen LogP contribution in [0.3, 0.4) is 0 Å². The number of hydrogen-bond donors (Lipinski definition) is 3. The topological polar surface area (TPSA) is 111 Å². The van der Waals surface area contributed by atoms with E-state index in [-0.39, 0.29) is 18.1 Å². The van der Waals surface area contributed by atoms with Crippen molar-refractivity contribution in [1.29, 1.82) is 0 Å². The number of rotatable bonds is 8. The highest BCUT2D eigenvalue weighted by Crippen LogP contribution is 2.28. The molecule has 2 aromatic heterocycles. The Kier molecular flexibility index (Phi) is 5.85. The number of carboxylic acids is 1. The number of anilines is 1. The van der Waals surface area contributed by atoms with Crippen molar-refractivity contribution in [2.45, 2.75) is 45.2 Å². The lowest BCUT2D eigenvalue weighted by molar-refractivity contribution is -0.139. The van der Waals surface area contributed by atoms with E-state index in [9.17, 15) is 9.59 Å². The standard InChI is InChI=1S/C19H25N5O3/c1-3-13-9-17(25)23-19(22-13)12-5-6-16(20-10-12)21-14-7-15(8-14)24(4-2)11-18(26)27/h5-6,9-10,14-15H,3-4,7-8,11H2,1-2H3,(H,20,21)(H,26,27)(H,22,23,25). The highest BCUT2D eigenvalue weighted by molar-refractivity contribution is 5.69. The van der Waals surface area contributed by atoms with Gasteiger partial charge in [0.1, 0.15) is 11.6 Å². The fraction of sp³-hybridized carbons (Fsp3) is 0.474. The first-order valence-corrected chi connectivity index (χ1v) is 9.27. The number of H-pyrrole nitrogens is 1. The summed E-state index contributed by atoms with van der Waals surface area (Å²) in [5.41, 5.74) is 1.35. The zero-order valence-corrected chi connectivity index (χ0v) is 15.6. The zero-order valence-electron chi connectivity index (χ0n) is 15.6. The molecular weight excluding hydrogens is 346 g/mol. The van der Waals surface area contributed by atoms with Crippen LogP contribution in [-0.4, -0.2) is 56.1 Å². The van der Waals surface area contributed by atoms with Gasteiger partial charge in [-0.15, -0.1) is 0 Å². The average Bonchev–Trinajstić information content (AvgIpc) is 2.62. The van der Waals surface area contributed by atoms with Crippen molar-refractivity contribution in [3.8, 4) is 11.4 Å². The Hall–Kier alpha value is -2.74. The first-order chi connectivity index (χ1) is 13.0. The summed E-state index contributed by atoms with van der Waals surface area (Å²) in [4.78, 5) is 36.2. The van der Waals surface area contributed by atoms with E-state index in [1.807, 2.05) is 30.9 Å². The molecule has 0 saturated heterocycles. The van der Waals surface area contributed by atoms with Crippen LogP contribution in [0.15, 0.2) is 29.2 Å². The number of aryl methyl sites for hydroxylation is 1. The van der Waals surface area contributed by atoms with Crippen molar-refractivity contribution in [2.75, 3.05) is 18.4 Å². The SMILES string of the molecule is CCc1cc(=O)[nH]c(-c2ccc(NC3CC(N(CC)CC(=O)O)C3)nc2)n1. The van der Waals surface area contributed by atoms with Gasteiger partial charge in [0.25, 0.3) is 5.56 Å². The molecular formula is C19H25N5O3. The van der Waals surface area contributed by atoms with Gasteiger partial charge in [-0.2, -0.15) is 0 Å². The molecule has 0 bridgehead atoms. The Morgan fingerprint density at radius 1 is 1.37 bits per heavy atom. The summed E-state index contributed by atoms with van der Waals surface area (Å²) in [6, 6.07) is 5.85. The van der Waals surface area contributed by atoms with E-state index in [4.69, 9.17) is 5.11 Å². The molecule has 3 N–H and O–H groups in total. The van der Waals surface area contributed by atoms with E-state index in [0.29, 0.717) is 18.3 Å². The third-order valence-electron chi connectivity index (χ3n) is 4.92. The molecule has 0 aromatic carbocycles. The van der Waals surface area contributed by atoms with Crippen LogP contribution in [0.25, 0.3) is 11.4 Å². The van der Waals surface area contributed by atoms with Crippen molar-refractivity contribution >= 4 is 11.8 Å². The Morgan fingerprint density at radius 2 is 2.15 bits per heavy atom. The second kappa shape index (κ2) is 8.30. The molecule has 0 radical (unpaired) electrons. The Morgan fingerprint density at radius 3 is 2.74 bits per heavy atom. The third kappa shape index (κ3) is 4.71. The van der Waals surface area contributed by atoms with E-state index >= 15 is 0 Å².